The number of aryl methyl sites for hydroxylation is 1. The minimum absolute atomic E-state index is 0.0557. The first kappa shape index (κ1) is 24.3. The minimum atomic E-state index is -0.158. The molecule has 4 rings (SSSR count). The zero-order chi connectivity index (χ0) is 24.3. The number of hydrogen-bond donors (Lipinski definition) is 2. The summed E-state index contributed by atoms with van der Waals surface area (Å²) in [6.07, 6.45) is 5.23. The molecular weight excluding hydrogens is 438 g/mol. The van der Waals surface area contributed by atoms with E-state index < -0.39 is 0 Å². The summed E-state index contributed by atoms with van der Waals surface area (Å²) in [5.74, 6) is 0.679. The Bertz CT molecular complexity index is 1090. The summed E-state index contributed by atoms with van der Waals surface area (Å²) >= 11 is 0. The van der Waals surface area contributed by atoms with Crippen LogP contribution in [0.15, 0.2) is 78.9 Å². The highest BCUT2D eigenvalue weighted by Crippen LogP contribution is 2.18. The van der Waals surface area contributed by atoms with Crippen LogP contribution in [0.5, 0.6) is 5.75 Å². The van der Waals surface area contributed by atoms with Gasteiger partial charge in [0, 0.05) is 30.0 Å². The standard InChI is InChI=1S/C29H33N3O3/c33-28(22-30-26-13-7-12-24(21-26)29(34)32-18-5-2-6-19-32)31-25-14-16-27(17-15-25)35-20-8-11-23-9-3-1-4-10-23/h1,3-4,7,9-10,12-17,21,30H,2,5-6,8,11,18-20,22H2,(H,31,33). The molecule has 2 amide bonds. The fraction of sp³-hybridized carbons (Fsp3) is 0.310. The van der Waals surface area contributed by atoms with Crippen molar-refractivity contribution in [3.05, 3.63) is 90.0 Å². The lowest BCUT2D eigenvalue weighted by Crippen LogP contribution is -2.35. The van der Waals surface area contributed by atoms with E-state index in [1.54, 1.807) is 0 Å². The molecular formula is C29H33N3O3. The third-order valence-electron chi connectivity index (χ3n) is 6.07. The zero-order valence-electron chi connectivity index (χ0n) is 20.0. The maximum atomic E-state index is 12.7. The fourth-order valence-corrected chi connectivity index (χ4v) is 4.17. The lowest BCUT2D eigenvalue weighted by molar-refractivity contribution is -0.114. The highest BCUT2D eigenvalue weighted by atomic mass is 16.5. The first-order valence-electron chi connectivity index (χ1n) is 12.4. The Morgan fingerprint density at radius 1 is 0.829 bits per heavy atom. The van der Waals surface area contributed by atoms with Crippen molar-refractivity contribution >= 4 is 23.2 Å². The number of hydrogen-bond acceptors (Lipinski definition) is 4. The number of anilines is 2. The zero-order valence-corrected chi connectivity index (χ0v) is 20.0. The highest BCUT2D eigenvalue weighted by molar-refractivity contribution is 5.96. The van der Waals surface area contributed by atoms with E-state index in [-0.39, 0.29) is 18.4 Å². The largest absolute Gasteiger partial charge is 0.494 e. The molecule has 1 aliphatic heterocycles. The van der Waals surface area contributed by atoms with Crippen molar-refractivity contribution in [3.8, 4) is 5.75 Å². The molecule has 1 saturated heterocycles. The molecule has 6 nitrogen and oxygen atoms in total. The van der Waals surface area contributed by atoms with Crippen LogP contribution < -0.4 is 15.4 Å². The normalized spacial score (nSPS) is 13.2. The maximum absolute atomic E-state index is 12.7. The van der Waals surface area contributed by atoms with E-state index in [1.807, 2.05) is 71.6 Å². The van der Waals surface area contributed by atoms with Crippen LogP contribution in [-0.2, 0) is 11.2 Å². The predicted octanol–water partition coefficient (Wildman–Crippen LogP) is 5.37. The lowest BCUT2D eigenvalue weighted by Gasteiger charge is -2.26. The van der Waals surface area contributed by atoms with Gasteiger partial charge in [-0.05, 0) is 80.1 Å². The monoisotopic (exact) mass is 471 g/mol. The van der Waals surface area contributed by atoms with Gasteiger partial charge in [-0.15, -0.1) is 0 Å². The van der Waals surface area contributed by atoms with Crippen molar-refractivity contribution in [2.45, 2.75) is 32.1 Å². The lowest BCUT2D eigenvalue weighted by atomic mass is 10.1. The number of nitrogens with one attached hydrogen (secondary N) is 2. The van der Waals surface area contributed by atoms with Crippen molar-refractivity contribution in [3.63, 3.8) is 0 Å². The number of ether oxygens (including phenoxy) is 1. The van der Waals surface area contributed by atoms with Gasteiger partial charge in [-0.1, -0.05) is 36.4 Å². The van der Waals surface area contributed by atoms with Crippen LogP contribution in [0, 0.1) is 0 Å². The topological polar surface area (TPSA) is 70.7 Å². The number of benzene rings is 3. The Morgan fingerprint density at radius 3 is 2.37 bits per heavy atom. The average molecular weight is 472 g/mol. The molecule has 1 heterocycles. The Labute approximate surface area is 207 Å². The van der Waals surface area contributed by atoms with E-state index in [1.165, 1.54) is 12.0 Å². The van der Waals surface area contributed by atoms with Crippen LogP contribution in [0.1, 0.15) is 41.6 Å². The molecule has 2 N–H and O–H groups in total. The smallest absolute Gasteiger partial charge is 0.253 e. The van der Waals surface area contributed by atoms with Crippen LogP contribution in [0.4, 0.5) is 11.4 Å². The van der Waals surface area contributed by atoms with E-state index in [9.17, 15) is 9.59 Å². The summed E-state index contributed by atoms with van der Waals surface area (Å²) in [7, 11) is 0. The molecule has 0 aliphatic carbocycles. The van der Waals surface area contributed by atoms with E-state index in [2.05, 4.69) is 22.8 Å². The third kappa shape index (κ3) is 7.60. The van der Waals surface area contributed by atoms with Crippen LogP contribution >= 0.6 is 0 Å². The number of carbonyl (C=O) groups is 2. The SMILES string of the molecule is O=C(CNc1cccc(C(=O)N2CCCCC2)c1)Nc1ccc(OCCCc2ccccc2)cc1. The number of carbonyl (C=O) groups excluding carboxylic acids is 2. The van der Waals surface area contributed by atoms with Gasteiger partial charge in [0.1, 0.15) is 5.75 Å². The van der Waals surface area contributed by atoms with E-state index in [4.69, 9.17) is 4.74 Å². The molecule has 0 radical (unpaired) electrons. The minimum Gasteiger partial charge on any atom is -0.494 e. The average Bonchev–Trinajstić information content (AvgIpc) is 2.92. The molecule has 0 spiro atoms. The maximum Gasteiger partial charge on any atom is 0.253 e. The molecule has 0 saturated carbocycles. The summed E-state index contributed by atoms with van der Waals surface area (Å²) in [6, 6.07) is 25.1. The number of piperidine rings is 1. The van der Waals surface area contributed by atoms with Crippen molar-refractivity contribution in [2.75, 3.05) is 36.9 Å². The van der Waals surface area contributed by atoms with Crippen molar-refractivity contribution in [2.24, 2.45) is 0 Å². The molecule has 0 bridgehead atoms. The molecule has 1 fully saturated rings. The van der Waals surface area contributed by atoms with Crippen molar-refractivity contribution < 1.29 is 14.3 Å². The summed E-state index contributed by atoms with van der Waals surface area (Å²) in [5.41, 5.74) is 3.42. The van der Waals surface area contributed by atoms with E-state index in [0.717, 1.165) is 50.2 Å². The van der Waals surface area contributed by atoms with E-state index >= 15 is 0 Å². The third-order valence-corrected chi connectivity index (χ3v) is 6.07. The first-order valence-corrected chi connectivity index (χ1v) is 12.4. The van der Waals surface area contributed by atoms with Crippen molar-refractivity contribution in [1.82, 2.24) is 4.90 Å². The van der Waals surface area contributed by atoms with Gasteiger partial charge in [-0.25, -0.2) is 0 Å². The van der Waals surface area contributed by atoms with Gasteiger partial charge in [-0.2, -0.15) is 0 Å². The van der Waals surface area contributed by atoms with Crippen LogP contribution in [0.25, 0.3) is 0 Å². The summed E-state index contributed by atoms with van der Waals surface area (Å²) < 4.78 is 5.81. The molecule has 182 valence electrons. The molecule has 3 aromatic rings. The summed E-state index contributed by atoms with van der Waals surface area (Å²) in [4.78, 5) is 27.0. The molecule has 3 aromatic carbocycles. The molecule has 0 aromatic heterocycles. The number of nitrogens with zero attached hydrogens (tertiary/aromatic N) is 1. The predicted molar refractivity (Wildman–Crippen MR) is 140 cm³/mol. The Balaban J connectivity index is 1.19. The van der Waals surface area contributed by atoms with Crippen LogP contribution in [0.3, 0.4) is 0 Å². The van der Waals surface area contributed by atoms with Gasteiger partial charge < -0.3 is 20.3 Å². The second-order valence-corrected chi connectivity index (χ2v) is 8.80. The number of rotatable bonds is 10. The Kier molecular flexibility index (Phi) is 8.76. The van der Waals surface area contributed by atoms with Gasteiger partial charge in [0.15, 0.2) is 0 Å². The first-order chi connectivity index (χ1) is 17.2. The molecule has 0 unspecified atom stereocenters. The quantitative estimate of drug-likeness (QED) is 0.390. The molecule has 35 heavy (non-hydrogen) atoms. The van der Waals surface area contributed by atoms with Gasteiger partial charge in [0.05, 0.1) is 13.2 Å². The second kappa shape index (κ2) is 12.6. The summed E-state index contributed by atoms with van der Waals surface area (Å²) in [6.45, 7) is 2.38. The Hall–Kier alpha value is -3.80. The number of likely N-dealkylation sites (tertiary alicyclic amines) is 1. The van der Waals surface area contributed by atoms with Crippen LogP contribution in [-0.4, -0.2) is 43.0 Å². The number of amides is 2. The van der Waals surface area contributed by atoms with Gasteiger partial charge in [0.2, 0.25) is 5.91 Å². The van der Waals surface area contributed by atoms with E-state index in [0.29, 0.717) is 17.9 Å². The Morgan fingerprint density at radius 2 is 1.60 bits per heavy atom. The highest BCUT2D eigenvalue weighted by Gasteiger charge is 2.18. The second-order valence-electron chi connectivity index (χ2n) is 8.80. The molecule has 1 aliphatic rings. The summed E-state index contributed by atoms with van der Waals surface area (Å²) in [5, 5.41) is 6.00. The van der Waals surface area contributed by atoms with Gasteiger partial charge in [-0.3, -0.25) is 9.59 Å². The molecule has 0 atom stereocenters. The van der Waals surface area contributed by atoms with Crippen molar-refractivity contribution in [1.29, 1.82) is 0 Å². The van der Waals surface area contributed by atoms with Gasteiger partial charge >= 0.3 is 0 Å². The fourth-order valence-electron chi connectivity index (χ4n) is 4.17. The van der Waals surface area contributed by atoms with Crippen LogP contribution in [0.2, 0.25) is 0 Å². The van der Waals surface area contributed by atoms with Gasteiger partial charge in [0.25, 0.3) is 5.91 Å². The molecule has 6 heteroatoms.